The van der Waals surface area contributed by atoms with Crippen molar-refractivity contribution in [3.8, 4) is 0 Å². The number of likely N-dealkylation sites (tertiary alicyclic amines) is 1. The molecule has 0 aliphatic carbocycles. The summed E-state index contributed by atoms with van der Waals surface area (Å²) in [6, 6.07) is 0.357. The number of nitrogens with two attached hydrogens (primary N) is 1. The fourth-order valence-corrected chi connectivity index (χ4v) is 2.18. The average Bonchev–Trinajstić information content (AvgIpc) is 2.64. The lowest BCUT2D eigenvalue weighted by Crippen LogP contribution is -2.42. The van der Waals surface area contributed by atoms with Crippen molar-refractivity contribution in [2.45, 2.75) is 46.2 Å². The molecule has 1 saturated heterocycles. The SMILES string of the molecule is CC.Cc1c(CN2CCC[C@H](N)C2)cnn1C. The van der Waals surface area contributed by atoms with Gasteiger partial charge in [0.15, 0.2) is 0 Å². The Labute approximate surface area is 105 Å². The Morgan fingerprint density at radius 2 is 2.18 bits per heavy atom. The predicted octanol–water partition coefficient (Wildman–Crippen LogP) is 1.68. The van der Waals surface area contributed by atoms with Crippen molar-refractivity contribution in [1.82, 2.24) is 14.7 Å². The molecule has 0 unspecified atom stereocenters. The van der Waals surface area contributed by atoms with Crippen LogP contribution in [-0.2, 0) is 13.6 Å². The van der Waals surface area contributed by atoms with Crippen molar-refractivity contribution in [2.24, 2.45) is 12.8 Å². The quantitative estimate of drug-likeness (QED) is 0.852. The summed E-state index contributed by atoms with van der Waals surface area (Å²) in [5.41, 5.74) is 8.54. The summed E-state index contributed by atoms with van der Waals surface area (Å²) in [6.07, 6.45) is 4.36. The van der Waals surface area contributed by atoms with Crippen LogP contribution in [0.5, 0.6) is 0 Å². The molecular weight excluding hydrogens is 212 g/mol. The van der Waals surface area contributed by atoms with Gasteiger partial charge in [0.05, 0.1) is 6.20 Å². The summed E-state index contributed by atoms with van der Waals surface area (Å²) >= 11 is 0. The van der Waals surface area contributed by atoms with Crippen LogP contribution < -0.4 is 5.73 Å². The van der Waals surface area contributed by atoms with E-state index in [0.29, 0.717) is 6.04 Å². The molecule has 0 amide bonds. The first-order valence-corrected chi connectivity index (χ1v) is 6.62. The normalized spacial score (nSPS) is 20.9. The number of piperidine rings is 1. The Morgan fingerprint density at radius 3 is 2.71 bits per heavy atom. The van der Waals surface area contributed by atoms with Gasteiger partial charge in [0.25, 0.3) is 0 Å². The molecule has 1 aliphatic heterocycles. The van der Waals surface area contributed by atoms with E-state index in [2.05, 4.69) is 16.9 Å². The average molecular weight is 238 g/mol. The van der Waals surface area contributed by atoms with Crippen molar-refractivity contribution in [3.63, 3.8) is 0 Å². The molecule has 0 aromatic carbocycles. The molecule has 2 N–H and O–H groups in total. The van der Waals surface area contributed by atoms with E-state index in [9.17, 15) is 0 Å². The second-order valence-electron chi connectivity index (χ2n) is 4.52. The smallest absolute Gasteiger partial charge is 0.0537 e. The van der Waals surface area contributed by atoms with Gasteiger partial charge in [0, 0.05) is 37.4 Å². The number of nitrogens with zero attached hydrogens (tertiary/aromatic N) is 3. The lowest BCUT2D eigenvalue weighted by Gasteiger charge is -2.30. The molecule has 0 saturated carbocycles. The van der Waals surface area contributed by atoms with Crippen LogP contribution in [0.1, 0.15) is 37.9 Å². The fourth-order valence-electron chi connectivity index (χ4n) is 2.18. The molecule has 17 heavy (non-hydrogen) atoms. The van der Waals surface area contributed by atoms with Crippen LogP contribution >= 0.6 is 0 Å². The van der Waals surface area contributed by atoms with Crippen LogP contribution in [-0.4, -0.2) is 33.8 Å². The van der Waals surface area contributed by atoms with Gasteiger partial charge in [-0.1, -0.05) is 13.8 Å². The molecule has 1 fully saturated rings. The van der Waals surface area contributed by atoms with Crippen molar-refractivity contribution < 1.29 is 0 Å². The second-order valence-corrected chi connectivity index (χ2v) is 4.52. The first-order valence-electron chi connectivity index (χ1n) is 6.62. The highest BCUT2D eigenvalue weighted by Crippen LogP contribution is 2.14. The largest absolute Gasteiger partial charge is 0.327 e. The predicted molar refractivity (Wildman–Crippen MR) is 71.8 cm³/mol. The molecule has 4 heteroatoms. The van der Waals surface area contributed by atoms with Crippen molar-refractivity contribution in [3.05, 3.63) is 17.5 Å². The van der Waals surface area contributed by atoms with Crippen molar-refractivity contribution in [1.29, 1.82) is 0 Å². The summed E-state index contributed by atoms with van der Waals surface area (Å²) in [5.74, 6) is 0. The van der Waals surface area contributed by atoms with Gasteiger partial charge in [-0.25, -0.2) is 0 Å². The van der Waals surface area contributed by atoms with Gasteiger partial charge in [-0.05, 0) is 26.3 Å². The van der Waals surface area contributed by atoms with E-state index in [1.807, 2.05) is 31.8 Å². The van der Waals surface area contributed by atoms with Crippen LogP contribution in [0.4, 0.5) is 0 Å². The zero-order valence-corrected chi connectivity index (χ0v) is 11.6. The van der Waals surface area contributed by atoms with E-state index in [0.717, 1.165) is 13.1 Å². The minimum absolute atomic E-state index is 0.357. The Kier molecular flexibility index (Phi) is 5.65. The monoisotopic (exact) mass is 238 g/mol. The fraction of sp³-hybridized carbons (Fsp3) is 0.769. The first-order chi connectivity index (χ1) is 8.16. The first kappa shape index (κ1) is 14.2. The van der Waals surface area contributed by atoms with Crippen LogP contribution in [0.25, 0.3) is 0 Å². The third kappa shape index (κ3) is 3.82. The Hall–Kier alpha value is -0.870. The van der Waals surface area contributed by atoms with E-state index >= 15 is 0 Å². The van der Waals surface area contributed by atoms with Gasteiger partial charge >= 0.3 is 0 Å². The molecule has 1 aliphatic rings. The van der Waals surface area contributed by atoms with E-state index in [1.54, 1.807) is 0 Å². The van der Waals surface area contributed by atoms with Crippen molar-refractivity contribution in [2.75, 3.05) is 13.1 Å². The van der Waals surface area contributed by atoms with Crippen LogP contribution in [0.3, 0.4) is 0 Å². The number of hydrogen-bond acceptors (Lipinski definition) is 3. The molecule has 0 radical (unpaired) electrons. The molecule has 4 nitrogen and oxygen atoms in total. The maximum Gasteiger partial charge on any atom is 0.0537 e. The Bertz CT molecular complexity index is 332. The van der Waals surface area contributed by atoms with Gasteiger partial charge in [-0.15, -0.1) is 0 Å². The highest BCUT2D eigenvalue weighted by Gasteiger charge is 2.17. The number of rotatable bonds is 2. The molecule has 2 rings (SSSR count). The molecule has 1 atom stereocenters. The summed E-state index contributed by atoms with van der Waals surface area (Å²) in [4.78, 5) is 2.43. The van der Waals surface area contributed by atoms with Crippen LogP contribution in [0, 0.1) is 6.92 Å². The van der Waals surface area contributed by atoms with E-state index < -0.39 is 0 Å². The number of aromatic nitrogens is 2. The number of aryl methyl sites for hydroxylation is 1. The standard InChI is InChI=1S/C11H20N4.C2H6/c1-9-10(6-13-14(9)2)7-15-5-3-4-11(12)8-15;1-2/h6,11H,3-5,7-8,12H2,1-2H3;1-2H3/t11-;/m0./s1. The van der Waals surface area contributed by atoms with Gasteiger partial charge in [0.1, 0.15) is 0 Å². The van der Waals surface area contributed by atoms with E-state index in [4.69, 9.17) is 5.73 Å². The Balaban J connectivity index is 0.000000686. The number of hydrogen-bond donors (Lipinski definition) is 1. The summed E-state index contributed by atoms with van der Waals surface area (Å²) in [5, 5.41) is 4.26. The summed E-state index contributed by atoms with van der Waals surface area (Å²) in [7, 11) is 1.99. The zero-order valence-electron chi connectivity index (χ0n) is 11.6. The van der Waals surface area contributed by atoms with Gasteiger partial charge in [0.2, 0.25) is 0 Å². The summed E-state index contributed by atoms with van der Waals surface area (Å²) in [6.45, 7) is 9.30. The van der Waals surface area contributed by atoms with Gasteiger partial charge in [-0.3, -0.25) is 9.58 Å². The van der Waals surface area contributed by atoms with Crippen LogP contribution in [0.2, 0.25) is 0 Å². The third-order valence-electron chi connectivity index (χ3n) is 3.27. The minimum Gasteiger partial charge on any atom is -0.327 e. The molecule has 0 spiro atoms. The van der Waals surface area contributed by atoms with E-state index in [-0.39, 0.29) is 0 Å². The lowest BCUT2D eigenvalue weighted by molar-refractivity contribution is 0.201. The molecule has 2 heterocycles. The molecule has 0 bridgehead atoms. The highest BCUT2D eigenvalue weighted by atomic mass is 15.3. The zero-order chi connectivity index (χ0) is 12.8. The molecule has 1 aromatic rings. The second kappa shape index (κ2) is 6.77. The van der Waals surface area contributed by atoms with Crippen molar-refractivity contribution >= 4 is 0 Å². The molecular formula is C13H26N4. The third-order valence-corrected chi connectivity index (χ3v) is 3.27. The summed E-state index contributed by atoms with van der Waals surface area (Å²) < 4.78 is 1.93. The van der Waals surface area contributed by atoms with Crippen LogP contribution in [0.15, 0.2) is 6.20 Å². The van der Waals surface area contributed by atoms with E-state index in [1.165, 1.54) is 30.6 Å². The molecule has 1 aromatic heterocycles. The topological polar surface area (TPSA) is 47.1 Å². The lowest BCUT2D eigenvalue weighted by atomic mass is 10.1. The maximum absolute atomic E-state index is 5.96. The maximum atomic E-state index is 5.96. The molecule has 98 valence electrons. The Morgan fingerprint density at radius 1 is 1.47 bits per heavy atom. The van der Waals surface area contributed by atoms with Gasteiger partial charge < -0.3 is 5.73 Å². The van der Waals surface area contributed by atoms with Gasteiger partial charge in [-0.2, -0.15) is 5.10 Å². The highest BCUT2D eigenvalue weighted by molar-refractivity contribution is 5.15. The minimum atomic E-state index is 0.357.